The van der Waals surface area contributed by atoms with Gasteiger partial charge in [-0.2, -0.15) is 0 Å². The minimum absolute atomic E-state index is 0.119. The summed E-state index contributed by atoms with van der Waals surface area (Å²) in [5.41, 5.74) is 0. The van der Waals surface area contributed by atoms with Gasteiger partial charge in [-0.1, -0.05) is 32.6 Å². The normalized spacial score (nSPS) is 20.1. The van der Waals surface area contributed by atoms with Gasteiger partial charge in [0.2, 0.25) is 0 Å². The molecule has 0 N–H and O–H groups in total. The van der Waals surface area contributed by atoms with Crippen LogP contribution in [-0.2, 0) is 0 Å². The van der Waals surface area contributed by atoms with Crippen LogP contribution in [0.1, 0.15) is 58.3 Å². The zero-order valence-corrected chi connectivity index (χ0v) is 9.63. The molecule has 14 heavy (non-hydrogen) atoms. The molecule has 1 heterocycles. The Morgan fingerprint density at radius 3 is 2.14 bits per heavy atom. The van der Waals surface area contributed by atoms with Crippen molar-refractivity contribution in [2.75, 3.05) is 19.6 Å². The van der Waals surface area contributed by atoms with Crippen LogP contribution in [0.3, 0.4) is 0 Å². The van der Waals surface area contributed by atoms with Gasteiger partial charge in [-0.05, 0) is 12.8 Å². The second-order valence-electron chi connectivity index (χ2n) is 4.70. The molecule has 0 unspecified atom stereocenters. The van der Waals surface area contributed by atoms with Crippen LogP contribution in [0.15, 0.2) is 0 Å². The Morgan fingerprint density at radius 1 is 0.929 bits per heavy atom. The summed E-state index contributed by atoms with van der Waals surface area (Å²) >= 11 is 0. The van der Waals surface area contributed by atoms with E-state index < -0.39 is 0 Å². The van der Waals surface area contributed by atoms with Crippen LogP contribution in [0.4, 0.5) is 0 Å². The molecule has 1 fully saturated rings. The minimum Gasteiger partial charge on any atom is -0.633 e. The fourth-order valence-corrected chi connectivity index (χ4v) is 2.32. The molecule has 0 aromatic carbocycles. The van der Waals surface area contributed by atoms with E-state index in [2.05, 4.69) is 6.92 Å². The summed E-state index contributed by atoms with van der Waals surface area (Å²) in [5.74, 6) is 0. The third-order valence-electron chi connectivity index (χ3n) is 3.30. The molecule has 0 spiro atoms. The third kappa shape index (κ3) is 4.43. The molecule has 0 aromatic rings. The van der Waals surface area contributed by atoms with Crippen molar-refractivity contribution < 1.29 is 4.65 Å². The van der Waals surface area contributed by atoms with Crippen molar-refractivity contribution in [1.29, 1.82) is 0 Å². The van der Waals surface area contributed by atoms with Crippen LogP contribution < -0.4 is 0 Å². The molecule has 0 atom stereocenters. The lowest BCUT2D eigenvalue weighted by atomic mass is 10.1. The number of quaternary nitrogens is 1. The maximum atomic E-state index is 11.9. The summed E-state index contributed by atoms with van der Waals surface area (Å²) in [7, 11) is 0. The highest BCUT2D eigenvalue weighted by Gasteiger charge is 2.21. The molecule has 2 nitrogen and oxygen atoms in total. The second-order valence-corrected chi connectivity index (χ2v) is 4.70. The lowest BCUT2D eigenvalue weighted by Crippen LogP contribution is -2.39. The van der Waals surface area contributed by atoms with Crippen molar-refractivity contribution in [2.45, 2.75) is 58.3 Å². The Kier molecular flexibility index (Phi) is 5.49. The fourth-order valence-electron chi connectivity index (χ4n) is 2.32. The highest BCUT2D eigenvalue weighted by molar-refractivity contribution is 4.55. The van der Waals surface area contributed by atoms with E-state index in [-0.39, 0.29) is 4.65 Å². The first-order valence-corrected chi connectivity index (χ1v) is 6.34. The van der Waals surface area contributed by atoms with Crippen LogP contribution in [-0.4, -0.2) is 24.3 Å². The SMILES string of the molecule is CCCCCCCC[N+]1([O-])CCCC1. The topological polar surface area (TPSA) is 23.1 Å². The van der Waals surface area contributed by atoms with Gasteiger partial charge in [0.1, 0.15) is 0 Å². The van der Waals surface area contributed by atoms with Gasteiger partial charge in [-0.3, -0.25) is 0 Å². The van der Waals surface area contributed by atoms with Crippen LogP contribution in [0, 0.1) is 5.21 Å². The Bertz CT molecular complexity index is 141. The van der Waals surface area contributed by atoms with E-state index in [9.17, 15) is 5.21 Å². The fraction of sp³-hybridized carbons (Fsp3) is 1.00. The summed E-state index contributed by atoms with van der Waals surface area (Å²) in [6.07, 6.45) is 10.1. The first kappa shape index (κ1) is 12.0. The zero-order chi connectivity index (χ0) is 10.3. The Hall–Kier alpha value is -0.0800. The van der Waals surface area contributed by atoms with Crippen LogP contribution >= 0.6 is 0 Å². The van der Waals surface area contributed by atoms with Gasteiger partial charge < -0.3 is 9.85 Å². The third-order valence-corrected chi connectivity index (χ3v) is 3.30. The van der Waals surface area contributed by atoms with Gasteiger partial charge in [0.15, 0.2) is 0 Å². The van der Waals surface area contributed by atoms with Crippen molar-refractivity contribution in [3.63, 3.8) is 0 Å². The lowest BCUT2D eigenvalue weighted by Gasteiger charge is -2.38. The number of hydroxylamine groups is 3. The van der Waals surface area contributed by atoms with Crippen molar-refractivity contribution in [3.8, 4) is 0 Å². The van der Waals surface area contributed by atoms with E-state index in [1.54, 1.807) is 0 Å². The van der Waals surface area contributed by atoms with Gasteiger partial charge in [0, 0.05) is 12.8 Å². The molecule has 0 bridgehead atoms. The smallest absolute Gasteiger partial charge is 0.0786 e. The molecule has 2 heteroatoms. The van der Waals surface area contributed by atoms with Gasteiger partial charge in [-0.15, -0.1) is 0 Å². The highest BCUT2D eigenvalue weighted by Crippen LogP contribution is 2.19. The van der Waals surface area contributed by atoms with Crippen molar-refractivity contribution >= 4 is 0 Å². The molecule has 0 amide bonds. The molecule has 0 saturated carbocycles. The molecule has 0 aliphatic carbocycles. The van der Waals surface area contributed by atoms with Gasteiger partial charge in [0.05, 0.1) is 19.6 Å². The Labute approximate surface area is 88.5 Å². The first-order valence-electron chi connectivity index (χ1n) is 6.34. The van der Waals surface area contributed by atoms with Gasteiger partial charge in [-0.25, -0.2) is 0 Å². The monoisotopic (exact) mass is 199 g/mol. The molecule has 0 aromatic heterocycles. The molecular formula is C12H25NO. The molecule has 1 saturated heterocycles. The summed E-state index contributed by atoms with van der Waals surface area (Å²) in [6.45, 7) is 4.89. The maximum Gasteiger partial charge on any atom is 0.0786 e. The molecular weight excluding hydrogens is 174 g/mol. The van der Waals surface area contributed by atoms with E-state index in [4.69, 9.17) is 0 Å². The van der Waals surface area contributed by atoms with Gasteiger partial charge in [0.25, 0.3) is 0 Å². The quantitative estimate of drug-likeness (QED) is 0.350. The molecule has 0 radical (unpaired) electrons. The summed E-state index contributed by atoms with van der Waals surface area (Å²) in [6, 6.07) is 0. The summed E-state index contributed by atoms with van der Waals surface area (Å²) < 4.78 is 0.119. The molecule has 1 aliphatic heterocycles. The number of rotatable bonds is 7. The molecule has 1 aliphatic rings. The van der Waals surface area contributed by atoms with Gasteiger partial charge >= 0.3 is 0 Å². The van der Waals surface area contributed by atoms with E-state index in [0.717, 1.165) is 38.9 Å². The Morgan fingerprint density at radius 2 is 1.50 bits per heavy atom. The average molecular weight is 199 g/mol. The Balaban J connectivity index is 1.92. The van der Waals surface area contributed by atoms with E-state index in [1.165, 1.54) is 32.1 Å². The molecule has 84 valence electrons. The predicted octanol–water partition coefficient (Wildman–Crippen LogP) is 3.46. The van der Waals surface area contributed by atoms with Crippen LogP contribution in [0.25, 0.3) is 0 Å². The number of likely N-dealkylation sites (tertiary alicyclic amines) is 1. The second kappa shape index (κ2) is 6.41. The molecule has 1 rings (SSSR count). The largest absolute Gasteiger partial charge is 0.633 e. The van der Waals surface area contributed by atoms with E-state index >= 15 is 0 Å². The van der Waals surface area contributed by atoms with Crippen molar-refractivity contribution in [2.24, 2.45) is 0 Å². The van der Waals surface area contributed by atoms with Crippen LogP contribution in [0.2, 0.25) is 0 Å². The number of hydrogen-bond donors (Lipinski definition) is 0. The minimum atomic E-state index is 0.119. The summed E-state index contributed by atoms with van der Waals surface area (Å²) in [5, 5.41) is 11.9. The first-order chi connectivity index (χ1) is 6.77. The number of unbranched alkanes of at least 4 members (excludes halogenated alkanes) is 5. The van der Waals surface area contributed by atoms with E-state index in [0.29, 0.717) is 0 Å². The zero-order valence-electron chi connectivity index (χ0n) is 9.63. The summed E-state index contributed by atoms with van der Waals surface area (Å²) in [4.78, 5) is 0. The van der Waals surface area contributed by atoms with Crippen molar-refractivity contribution in [1.82, 2.24) is 0 Å². The standard InChI is InChI=1S/C12H25NO/c1-2-3-4-5-6-7-10-13(14)11-8-9-12-13/h2-12H2,1H3. The highest BCUT2D eigenvalue weighted by atomic mass is 16.5. The maximum absolute atomic E-state index is 11.9. The van der Waals surface area contributed by atoms with Crippen LogP contribution in [0.5, 0.6) is 0 Å². The number of nitrogens with zero attached hydrogens (tertiary/aromatic N) is 1. The van der Waals surface area contributed by atoms with Crippen molar-refractivity contribution in [3.05, 3.63) is 5.21 Å². The lowest BCUT2D eigenvalue weighted by molar-refractivity contribution is -0.868. The average Bonchev–Trinajstić information content (AvgIpc) is 2.59. The van der Waals surface area contributed by atoms with E-state index in [1.807, 2.05) is 0 Å². The predicted molar refractivity (Wildman–Crippen MR) is 60.8 cm³/mol. The number of hydrogen-bond acceptors (Lipinski definition) is 1.